The first kappa shape index (κ1) is 10.6. The Morgan fingerprint density at radius 3 is 2.94 bits per heavy atom. The molecule has 1 aromatic rings. The number of aromatic nitrogens is 1. The molecule has 2 aliphatic heterocycles. The molecule has 2 bridgehead atoms. The minimum atomic E-state index is -0.0994. The third kappa shape index (κ3) is 1.50. The van der Waals surface area contributed by atoms with Gasteiger partial charge in [0.15, 0.2) is 0 Å². The van der Waals surface area contributed by atoms with Gasteiger partial charge in [-0.3, -0.25) is 4.79 Å². The molecule has 1 N–H and O–H groups in total. The lowest BCUT2D eigenvalue weighted by molar-refractivity contribution is 0.257. The van der Waals surface area contributed by atoms with Crippen molar-refractivity contribution < 1.29 is 0 Å². The summed E-state index contributed by atoms with van der Waals surface area (Å²) < 4.78 is 1.77. The summed E-state index contributed by atoms with van der Waals surface area (Å²) in [5.74, 6) is 0.878. The molecule has 16 heavy (non-hydrogen) atoms. The third-order valence-corrected chi connectivity index (χ3v) is 4.08. The quantitative estimate of drug-likeness (QED) is 0.771. The summed E-state index contributed by atoms with van der Waals surface area (Å²) in [6.45, 7) is 2.61. The molecule has 3 rings (SSSR count). The Hall–Kier alpha value is -0.510. The second-order valence-electron chi connectivity index (χ2n) is 4.60. The van der Waals surface area contributed by atoms with Crippen molar-refractivity contribution in [3.63, 3.8) is 0 Å². The Morgan fingerprint density at radius 2 is 2.12 bits per heavy atom. The van der Waals surface area contributed by atoms with E-state index in [4.69, 9.17) is 23.2 Å². The van der Waals surface area contributed by atoms with E-state index < -0.39 is 0 Å². The molecule has 3 heterocycles. The molecular formula is C11H12Cl2N2O. The number of pyridine rings is 1. The topological polar surface area (TPSA) is 34.0 Å². The number of hydrogen-bond acceptors (Lipinski definition) is 2. The number of rotatable bonds is 0. The van der Waals surface area contributed by atoms with Crippen molar-refractivity contribution in [1.29, 1.82) is 0 Å². The highest BCUT2D eigenvalue weighted by atomic mass is 35.5. The lowest BCUT2D eigenvalue weighted by Gasteiger charge is -2.37. The van der Waals surface area contributed by atoms with Crippen molar-refractivity contribution in [2.75, 3.05) is 13.1 Å². The molecule has 0 spiro atoms. The van der Waals surface area contributed by atoms with Gasteiger partial charge in [0.2, 0.25) is 0 Å². The Bertz CT molecular complexity index is 497. The van der Waals surface area contributed by atoms with Gasteiger partial charge in [0.05, 0.1) is 5.02 Å². The van der Waals surface area contributed by atoms with Gasteiger partial charge in [-0.2, -0.15) is 0 Å². The molecule has 0 aromatic carbocycles. The smallest absolute Gasteiger partial charge is 0.269 e. The SMILES string of the molecule is O=c1c(Cl)cc(Cl)c2n1C[C@@H]1CNC[C@H]2C1. The van der Waals surface area contributed by atoms with E-state index in [0.29, 0.717) is 16.9 Å². The second kappa shape index (κ2) is 3.76. The highest BCUT2D eigenvalue weighted by molar-refractivity contribution is 6.34. The summed E-state index contributed by atoms with van der Waals surface area (Å²) in [4.78, 5) is 11.9. The molecule has 0 saturated carbocycles. The molecule has 86 valence electrons. The molecule has 2 atom stereocenters. The first-order chi connectivity index (χ1) is 7.66. The summed E-state index contributed by atoms with van der Waals surface area (Å²) in [7, 11) is 0. The minimum Gasteiger partial charge on any atom is -0.316 e. The van der Waals surface area contributed by atoms with Crippen LogP contribution in [0.3, 0.4) is 0 Å². The summed E-state index contributed by atoms with van der Waals surface area (Å²) in [6.07, 6.45) is 1.12. The fraction of sp³-hybridized carbons (Fsp3) is 0.545. The highest BCUT2D eigenvalue weighted by Gasteiger charge is 2.32. The zero-order chi connectivity index (χ0) is 11.3. The lowest BCUT2D eigenvalue weighted by Crippen LogP contribution is -2.45. The maximum Gasteiger partial charge on any atom is 0.269 e. The molecule has 1 fully saturated rings. The fourth-order valence-corrected chi connectivity index (χ4v) is 3.48. The van der Waals surface area contributed by atoms with Crippen LogP contribution in [-0.2, 0) is 6.54 Å². The maximum absolute atomic E-state index is 11.9. The van der Waals surface area contributed by atoms with Crippen LogP contribution in [0, 0.1) is 5.92 Å². The van der Waals surface area contributed by atoms with E-state index in [-0.39, 0.29) is 10.6 Å². The molecule has 0 aliphatic carbocycles. The average Bonchev–Trinajstić information content (AvgIpc) is 2.25. The van der Waals surface area contributed by atoms with Crippen molar-refractivity contribution in [1.82, 2.24) is 9.88 Å². The van der Waals surface area contributed by atoms with Crippen molar-refractivity contribution in [3.05, 3.63) is 32.2 Å². The van der Waals surface area contributed by atoms with Crippen molar-refractivity contribution in [3.8, 4) is 0 Å². The van der Waals surface area contributed by atoms with Crippen molar-refractivity contribution in [2.24, 2.45) is 5.92 Å². The van der Waals surface area contributed by atoms with Gasteiger partial charge in [-0.25, -0.2) is 0 Å². The second-order valence-corrected chi connectivity index (χ2v) is 5.41. The number of hydrogen-bond donors (Lipinski definition) is 1. The van der Waals surface area contributed by atoms with E-state index in [9.17, 15) is 4.79 Å². The predicted octanol–water partition coefficient (Wildman–Crippen LogP) is 1.86. The summed E-state index contributed by atoms with van der Waals surface area (Å²) >= 11 is 12.1. The van der Waals surface area contributed by atoms with E-state index in [1.165, 1.54) is 0 Å². The van der Waals surface area contributed by atoms with Gasteiger partial charge in [0.1, 0.15) is 5.02 Å². The van der Waals surface area contributed by atoms with Crippen LogP contribution in [0.25, 0.3) is 0 Å². The number of halogens is 2. The Kier molecular flexibility index (Phi) is 2.50. The average molecular weight is 259 g/mol. The van der Waals surface area contributed by atoms with Crippen LogP contribution in [-0.4, -0.2) is 17.7 Å². The minimum absolute atomic E-state index is 0.0994. The first-order valence-corrected chi connectivity index (χ1v) is 6.22. The zero-order valence-corrected chi connectivity index (χ0v) is 10.2. The van der Waals surface area contributed by atoms with Crippen LogP contribution < -0.4 is 10.9 Å². The first-order valence-electron chi connectivity index (χ1n) is 5.46. The van der Waals surface area contributed by atoms with Gasteiger partial charge in [-0.15, -0.1) is 0 Å². The normalized spacial score (nSPS) is 27.6. The molecule has 0 amide bonds. The molecule has 3 nitrogen and oxygen atoms in total. The van der Waals surface area contributed by atoms with Gasteiger partial charge in [-0.1, -0.05) is 23.2 Å². The van der Waals surface area contributed by atoms with Gasteiger partial charge in [0.25, 0.3) is 5.56 Å². The molecular weight excluding hydrogens is 247 g/mol. The third-order valence-electron chi connectivity index (χ3n) is 3.51. The maximum atomic E-state index is 11.9. The van der Waals surface area contributed by atoms with E-state index >= 15 is 0 Å². The van der Waals surface area contributed by atoms with Crippen LogP contribution in [0.4, 0.5) is 0 Å². The standard InChI is InChI=1S/C11H12Cl2N2O/c12-8-2-9(13)11(16)15-5-6-1-7(10(8)15)4-14-3-6/h2,6-7,14H,1,3-5H2/t6-,7+/m0/s1. The summed E-state index contributed by atoms with van der Waals surface area (Å²) in [5.41, 5.74) is 0.859. The summed E-state index contributed by atoms with van der Waals surface area (Å²) in [6, 6.07) is 1.58. The zero-order valence-electron chi connectivity index (χ0n) is 8.67. The van der Waals surface area contributed by atoms with Crippen LogP contribution in [0.15, 0.2) is 10.9 Å². The number of nitrogens with one attached hydrogen (secondary N) is 1. The highest BCUT2D eigenvalue weighted by Crippen LogP contribution is 2.36. The van der Waals surface area contributed by atoms with Gasteiger partial charge in [-0.05, 0) is 24.9 Å². The monoisotopic (exact) mass is 258 g/mol. The van der Waals surface area contributed by atoms with Gasteiger partial charge >= 0.3 is 0 Å². The molecule has 0 radical (unpaired) electrons. The lowest BCUT2D eigenvalue weighted by atomic mass is 9.84. The Balaban J connectivity index is 2.23. The molecule has 1 saturated heterocycles. The van der Waals surface area contributed by atoms with Crippen molar-refractivity contribution in [2.45, 2.75) is 18.9 Å². The number of nitrogens with zero attached hydrogens (tertiary/aromatic N) is 1. The van der Waals surface area contributed by atoms with Gasteiger partial charge in [0, 0.05) is 24.7 Å². The van der Waals surface area contributed by atoms with E-state index in [2.05, 4.69) is 5.32 Å². The molecule has 2 aliphatic rings. The Labute approximate surface area is 103 Å². The van der Waals surface area contributed by atoms with Crippen molar-refractivity contribution >= 4 is 23.2 Å². The largest absolute Gasteiger partial charge is 0.316 e. The molecule has 1 aromatic heterocycles. The van der Waals surface area contributed by atoms with Crippen LogP contribution in [0.1, 0.15) is 18.0 Å². The summed E-state index contributed by atoms with van der Waals surface area (Å²) in [5, 5.41) is 4.23. The molecule has 0 unspecified atom stereocenters. The Morgan fingerprint density at radius 1 is 1.31 bits per heavy atom. The van der Waals surface area contributed by atoms with Gasteiger partial charge < -0.3 is 9.88 Å². The van der Waals surface area contributed by atoms with E-state index in [1.807, 2.05) is 0 Å². The number of fused-ring (bicyclic) bond motifs is 4. The van der Waals surface area contributed by atoms with Crippen LogP contribution in [0.2, 0.25) is 10.0 Å². The van der Waals surface area contributed by atoms with Crippen LogP contribution >= 0.6 is 23.2 Å². The van der Waals surface area contributed by atoms with E-state index in [0.717, 1.165) is 31.7 Å². The van der Waals surface area contributed by atoms with E-state index in [1.54, 1.807) is 10.6 Å². The number of piperidine rings is 1. The van der Waals surface area contributed by atoms with Crippen LogP contribution in [0.5, 0.6) is 0 Å². The predicted molar refractivity (Wildman–Crippen MR) is 64.4 cm³/mol. The molecule has 5 heteroatoms. The fourth-order valence-electron chi connectivity index (χ4n) is 2.85.